The van der Waals surface area contributed by atoms with Gasteiger partial charge in [0, 0.05) is 43.8 Å². The monoisotopic (exact) mass is 662 g/mol. The fraction of sp³-hybridized carbons (Fsp3) is 0.474. The molecular weight excluding hydrogens is 612 g/mol. The number of methoxy groups -OCH3 is 1. The van der Waals surface area contributed by atoms with Crippen molar-refractivity contribution in [2.75, 3.05) is 58.6 Å². The number of benzene rings is 3. The molecule has 2 atom stereocenters. The minimum atomic E-state index is -0.623. The number of anilines is 1. The van der Waals surface area contributed by atoms with Gasteiger partial charge in [0.15, 0.2) is 0 Å². The lowest BCUT2D eigenvalue weighted by Gasteiger charge is -2.39. The van der Waals surface area contributed by atoms with Crippen LogP contribution in [0.3, 0.4) is 0 Å². The maximum atomic E-state index is 13.3. The molecule has 0 radical (unpaired) electrons. The van der Waals surface area contributed by atoms with Crippen molar-refractivity contribution in [1.29, 1.82) is 0 Å². The van der Waals surface area contributed by atoms with E-state index in [4.69, 9.17) is 23.7 Å². The predicted octanol–water partition coefficient (Wildman–Crippen LogP) is 5.99. The average Bonchev–Trinajstić information content (AvgIpc) is 3.08. The number of likely N-dealkylation sites (tertiary alicyclic amines) is 1. The van der Waals surface area contributed by atoms with Crippen molar-refractivity contribution >= 4 is 17.7 Å². The number of hydrogen-bond acceptors (Lipinski definition) is 8. The smallest absolute Gasteiger partial charge is 0.410 e. The minimum absolute atomic E-state index is 0.0111. The van der Waals surface area contributed by atoms with Crippen LogP contribution in [-0.2, 0) is 32.0 Å². The first kappa shape index (κ1) is 36.7. The lowest BCUT2D eigenvalue weighted by molar-refractivity contribution is -0.126. The second-order valence-electron chi connectivity index (χ2n) is 12.9. The Hall–Kier alpha value is -4.12. The second-order valence-corrected chi connectivity index (χ2v) is 12.9. The van der Waals surface area contributed by atoms with E-state index in [0.717, 1.165) is 40.3 Å². The molecule has 2 amide bonds. The van der Waals surface area contributed by atoms with Crippen molar-refractivity contribution in [3.63, 3.8) is 0 Å². The molecule has 0 saturated carbocycles. The van der Waals surface area contributed by atoms with Gasteiger partial charge in [-0.25, -0.2) is 4.79 Å². The molecule has 10 heteroatoms. The van der Waals surface area contributed by atoms with Gasteiger partial charge in [0.25, 0.3) is 5.91 Å². The van der Waals surface area contributed by atoms with Crippen LogP contribution in [-0.4, -0.2) is 87.4 Å². The zero-order valence-corrected chi connectivity index (χ0v) is 28.9. The lowest BCUT2D eigenvalue weighted by Crippen LogP contribution is -2.49. The molecule has 3 aromatic carbocycles. The first-order valence-electron chi connectivity index (χ1n) is 16.6. The van der Waals surface area contributed by atoms with E-state index in [-0.39, 0.29) is 25.0 Å². The van der Waals surface area contributed by atoms with E-state index >= 15 is 0 Å². The number of ether oxygens (including phenoxy) is 5. The molecule has 1 aliphatic rings. The molecule has 10 nitrogen and oxygen atoms in total. The molecule has 0 aliphatic carbocycles. The molecule has 0 aromatic heterocycles. The van der Waals surface area contributed by atoms with E-state index < -0.39 is 17.8 Å². The molecule has 0 spiro atoms. The fourth-order valence-electron chi connectivity index (χ4n) is 5.71. The van der Waals surface area contributed by atoms with E-state index in [1.807, 2.05) is 93.6 Å². The topological polar surface area (TPSA) is 107 Å². The zero-order valence-electron chi connectivity index (χ0n) is 28.9. The van der Waals surface area contributed by atoms with E-state index in [1.165, 1.54) is 0 Å². The van der Waals surface area contributed by atoms with E-state index in [2.05, 4.69) is 0 Å². The van der Waals surface area contributed by atoms with Crippen molar-refractivity contribution < 1.29 is 38.4 Å². The SMILES string of the molecule is COc1ccccc1COCCCOc1ccc(C2CCN(C(=O)OC(C)(C)C)CC2OCC(=O)N(C)c2ccccc2CCO)cc1. The number of aliphatic hydroxyl groups excluding tert-OH is 1. The summed E-state index contributed by atoms with van der Waals surface area (Å²) in [5.74, 6) is 1.31. The minimum Gasteiger partial charge on any atom is -0.496 e. The van der Waals surface area contributed by atoms with Gasteiger partial charge in [-0.2, -0.15) is 0 Å². The summed E-state index contributed by atoms with van der Waals surface area (Å²) >= 11 is 0. The molecule has 3 aromatic rings. The Morgan fingerprint density at radius 1 is 0.958 bits per heavy atom. The molecule has 2 unspecified atom stereocenters. The largest absolute Gasteiger partial charge is 0.496 e. The molecule has 0 bridgehead atoms. The summed E-state index contributed by atoms with van der Waals surface area (Å²) in [5, 5.41) is 9.47. The lowest BCUT2D eigenvalue weighted by atomic mass is 9.87. The van der Waals surface area contributed by atoms with E-state index in [9.17, 15) is 14.7 Å². The van der Waals surface area contributed by atoms with Gasteiger partial charge in [0.2, 0.25) is 0 Å². The van der Waals surface area contributed by atoms with E-state index in [1.54, 1.807) is 24.0 Å². The summed E-state index contributed by atoms with van der Waals surface area (Å²) in [4.78, 5) is 29.5. The van der Waals surface area contributed by atoms with Crippen molar-refractivity contribution in [3.05, 3.63) is 89.5 Å². The maximum Gasteiger partial charge on any atom is 0.410 e. The highest BCUT2D eigenvalue weighted by Gasteiger charge is 2.35. The highest BCUT2D eigenvalue weighted by molar-refractivity contribution is 5.94. The average molecular weight is 663 g/mol. The van der Waals surface area contributed by atoms with Crippen molar-refractivity contribution in [2.24, 2.45) is 0 Å². The number of likely N-dealkylation sites (N-methyl/N-ethyl adjacent to an activating group) is 1. The van der Waals surface area contributed by atoms with Crippen LogP contribution in [0.15, 0.2) is 72.8 Å². The van der Waals surface area contributed by atoms with Gasteiger partial charge in [-0.15, -0.1) is 0 Å². The number of nitrogens with zero attached hydrogens (tertiary/aromatic N) is 2. The highest BCUT2D eigenvalue weighted by Crippen LogP contribution is 2.33. The molecule has 1 fully saturated rings. The first-order chi connectivity index (χ1) is 23.1. The number of piperidine rings is 1. The highest BCUT2D eigenvalue weighted by atomic mass is 16.6. The van der Waals surface area contributed by atoms with Crippen LogP contribution in [0.5, 0.6) is 11.5 Å². The van der Waals surface area contributed by atoms with Gasteiger partial charge < -0.3 is 38.6 Å². The Kier molecular flexibility index (Phi) is 13.7. The third kappa shape index (κ3) is 10.7. The van der Waals surface area contributed by atoms with Gasteiger partial charge in [-0.05, 0) is 69.0 Å². The number of hydrogen-bond donors (Lipinski definition) is 1. The van der Waals surface area contributed by atoms with Crippen molar-refractivity contribution in [1.82, 2.24) is 4.90 Å². The molecule has 4 rings (SSSR count). The van der Waals surface area contributed by atoms with Crippen LogP contribution < -0.4 is 14.4 Å². The molecule has 48 heavy (non-hydrogen) atoms. The molecule has 260 valence electrons. The maximum absolute atomic E-state index is 13.3. The standard InChI is InChI=1S/C38H50N2O8/c1-38(2,3)48-37(43)40-21-19-32(35(25-40)47-27-36(42)39(4)33-13-8-6-11-29(33)20-22-41)28-15-17-31(18-16-28)46-24-10-23-45-26-30-12-7-9-14-34(30)44-5/h6-9,11-18,32,35,41H,10,19-27H2,1-5H3. The number of rotatable bonds is 15. The van der Waals surface area contributed by atoms with Gasteiger partial charge in [0.1, 0.15) is 23.7 Å². The Labute approximate surface area is 284 Å². The summed E-state index contributed by atoms with van der Waals surface area (Å²) in [6.45, 7) is 7.72. The Balaban J connectivity index is 1.35. The first-order valence-corrected chi connectivity index (χ1v) is 16.6. The number of para-hydroxylation sites is 2. The van der Waals surface area contributed by atoms with Crippen molar-refractivity contribution in [2.45, 2.75) is 64.3 Å². The molecular formula is C38H50N2O8. The number of aliphatic hydroxyl groups is 1. The van der Waals surface area contributed by atoms with Gasteiger partial charge in [-0.3, -0.25) is 4.79 Å². The predicted molar refractivity (Wildman–Crippen MR) is 185 cm³/mol. The summed E-state index contributed by atoms with van der Waals surface area (Å²) < 4.78 is 29.1. The molecule has 1 heterocycles. The Bertz CT molecular complexity index is 1460. The van der Waals surface area contributed by atoms with Crippen LogP contribution in [0.2, 0.25) is 0 Å². The van der Waals surface area contributed by atoms with Crippen LogP contribution in [0.1, 0.15) is 56.2 Å². The molecule has 1 N–H and O–H groups in total. The van der Waals surface area contributed by atoms with E-state index in [0.29, 0.717) is 45.8 Å². The third-order valence-electron chi connectivity index (χ3n) is 8.20. The normalized spacial score (nSPS) is 16.3. The molecule has 1 aliphatic heterocycles. The number of carbonyl (C=O) groups excluding carboxylic acids is 2. The second kappa shape index (κ2) is 17.9. The number of carbonyl (C=O) groups is 2. The summed E-state index contributed by atoms with van der Waals surface area (Å²) in [6, 6.07) is 23.3. The summed E-state index contributed by atoms with van der Waals surface area (Å²) in [6.07, 6.45) is 1.01. The summed E-state index contributed by atoms with van der Waals surface area (Å²) in [5.41, 5.74) is 3.04. The summed E-state index contributed by atoms with van der Waals surface area (Å²) in [7, 11) is 3.36. The van der Waals surface area contributed by atoms with Gasteiger partial charge in [0.05, 0.1) is 39.6 Å². The van der Waals surface area contributed by atoms with Crippen LogP contribution >= 0.6 is 0 Å². The number of amides is 2. The Morgan fingerprint density at radius 3 is 2.38 bits per heavy atom. The fourth-order valence-corrected chi connectivity index (χ4v) is 5.71. The van der Waals surface area contributed by atoms with Crippen molar-refractivity contribution in [3.8, 4) is 11.5 Å². The zero-order chi connectivity index (χ0) is 34.5. The van der Waals surface area contributed by atoms with Crippen LogP contribution in [0.25, 0.3) is 0 Å². The Morgan fingerprint density at radius 2 is 1.67 bits per heavy atom. The van der Waals surface area contributed by atoms with Crippen LogP contribution in [0, 0.1) is 0 Å². The molecule has 1 saturated heterocycles. The van der Waals surface area contributed by atoms with Gasteiger partial charge in [-0.1, -0.05) is 48.5 Å². The quantitative estimate of drug-likeness (QED) is 0.198. The third-order valence-corrected chi connectivity index (χ3v) is 8.20. The van der Waals surface area contributed by atoms with Gasteiger partial charge >= 0.3 is 6.09 Å². The van der Waals surface area contributed by atoms with Crippen LogP contribution in [0.4, 0.5) is 10.5 Å².